The van der Waals surface area contributed by atoms with Gasteiger partial charge in [0, 0.05) is 22.3 Å². The Morgan fingerprint density at radius 1 is 1.04 bits per heavy atom. The summed E-state index contributed by atoms with van der Waals surface area (Å²) in [6, 6.07) is 16.5. The molecule has 136 valence electrons. The van der Waals surface area contributed by atoms with Crippen LogP contribution in [0.3, 0.4) is 0 Å². The minimum Gasteiger partial charge on any atom is -0.494 e. The van der Waals surface area contributed by atoms with Gasteiger partial charge in [-0.15, -0.1) is 0 Å². The number of benzene rings is 2. The van der Waals surface area contributed by atoms with E-state index in [4.69, 9.17) is 4.74 Å². The predicted octanol–water partition coefficient (Wildman–Crippen LogP) is 3.19. The van der Waals surface area contributed by atoms with Gasteiger partial charge in [0.1, 0.15) is 11.6 Å². The molecule has 0 amide bonds. The van der Waals surface area contributed by atoms with Gasteiger partial charge in [-0.3, -0.25) is 4.79 Å². The third-order valence-electron chi connectivity index (χ3n) is 3.30. The fourth-order valence-electron chi connectivity index (χ4n) is 2.09. The number of unbranched alkanes of at least 4 members (excludes halogenated alkanes) is 1. The minimum atomic E-state index is -2.10. The number of hydrogen-bond acceptors (Lipinski definition) is 4. The van der Waals surface area contributed by atoms with Crippen LogP contribution in [0.1, 0.15) is 12.8 Å². The molecule has 0 aliphatic carbocycles. The van der Waals surface area contributed by atoms with E-state index in [1.807, 2.05) is 6.07 Å². The maximum atomic E-state index is 11.9. The maximum Gasteiger partial charge on any atom is 0.248 e. The van der Waals surface area contributed by atoms with E-state index >= 15 is 0 Å². The molecule has 1 aromatic heterocycles. The van der Waals surface area contributed by atoms with Crippen molar-refractivity contribution in [2.75, 3.05) is 6.61 Å². The maximum absolute atomic E-state index is 11.9. The number of aromatic nitrogens is 1. The number of hydrogen-bond donors (Lipinski definition) is 1. The van der Waals surface area contributed by atoms with Crippen molar-refractivity contribution in [3.63, 3.8) is 0 Å². The molecule has 0 radical (unpaired) electrons. The molecule has 0 saturated carbocycles. The number of H-pyrrole nitrogens is 1. The molecule has 0 fully saturated rings. The molecule has 0 atom stereocenters. The predicted molar refractivity (Wildman–Crippen MR) is 101 cm³/mol. The number of ether oxygens (including phenoxy) is 1. The van der Waals surface area contributed by atoms with Crippen LogP contribution in [0.5, 0.6) is 5.75 Å². The molecule has 2 aromatic carbocycles. The average Bonchev–Trinajstić information content (AvgIpc) is 2.62. The monoisotopic (exact) mass is 375 g/mol. The Labute approximate surface area is 151 Å². The zero-order chi connectivity index (χ0) is 18.8. The summed E-state index contributed by atoms with van der Waals surface area (Å²) in [5, 5.41) is 2.11. The Morgan fingerprint density at radius 2 is 1.81 bits per heavy atom. The molecule has 0 saturated heterocycles. The highest BCUT2D eigenvalue weighted by Crippen LogP contribution is 2.18. The van der Waals surface area contributed by atoms with Gasteiger partial charge in [0.25, 0.3) is 0 Å². The lowest BCUT2D eigenvalue weighted by atomic mass is 10.2. The lowest BCUT2D eigenvalue weighted by Crippen LogP contribution is -2.02. The van der Waals surface area contributed by atoms with Crippen LogP contribution in [-0.2, 0) is 10.3 Å². The summed E-state index contributed by atoms with van der Waals surface area (Å²) < 4.78 is 38.0. The highest BCUT2D eigenvalue weighted by molar-refractivity contribution is 7.71. The van der Waals surface area contributed by atoms with Crippen molar-refractivity contribution in [1.82, 2.24) is 4.98 Å². The molecule has 3 rings (SSSR count). The van der Waals surface area contributed by atoms with Crippen LogP contribution in [0.15, 0.2) is 65.5 Å². The van der Waals surface area contributed by atoms with Crippen LogP contribution in [0, 0.1) is 5.82 Å². The van der Waals surface area contributed by atoms with Gasteiger partial charge >= 0.3 is 0 Å². The third-order valence-corrected chi connectivity index (χ3v) is 3.81. The SMILES string of the molecule is Fc1ccccc1.O=c1ccc2cc(OCCCC=S(=O)=O)ccc2[nH]1. The van der Waals surface area contributed by atoms with E-state index in [9.17, 15) is 17.6 Å². The third kappa shape index (κ3) is 6.90. The fourth-order valence-corrected chi connectivity index (χ4v) is 2.45. The molecule has 0 bridgehead atoms. The van der Waals surface area contributed by atoms with Crippen LogP contribution >= 0.6 is 0 Å². The summed E-state index contributed by atoms with van der Waals surface area (Å²) in [6.45, 7) is 0.447. The number of rotatable bonds is 5. The normalized spacial score (nSPS) is 9.88. The zero-order valence-electron chi connectivity index (χ0n) is 13.9. The summed E-state index contributed by atoms with van der Waals surface area (Å²) in [4.78, 5) is 13.8. The van der Waals surface area contributed by atoms with Gasteiger partial charge in [-0.05, 0) is 49.2 Å². The van der Waals surface area contributed by atoms with Gasteiger partial charge in [0.2, 0.25) is 15.9 Å². The lowest BCUT2D eigenvalue weighted by molar-refractivity contribution is 0.314. The fraction of sp³-hybridized carbons (Fsp3) is 0.158. The van der Waals surface area contributed by atoms with Gasteiger partial charge in [-0.25, -0.2) is 4.39 Å². The van der Waals surface area contributed by atoms with Gasteiger partial charge in [-0.1, -0.05) is 18.2 Å². The number of halogens is 1. The summed E-state index contributed by atoms with van der Waals surface area (Å²) >= 11 is 0. The Morgan fingerprint density at radius 3 is 2.46 bits per heavy atom. The van der Waals surface area contributed by atoms with E-state index in [-0.39, 0.29) is 11.4 Å². The number of pyridine rings is 1. The first kappa shape index (κ1) is 19.4. The average molecular weight is 375 g/mol. The minimum absolute atomic E-state index is 0.137. The molecule has 3 aromatic rings. The summed E-state index contributed by atoms with van der Waals surface area (Å²) in [6.07, 6.45) is 1.11. The second-order valence-corrected chi connectivity index (χ2v) is 6.14. The molecular formula is C19H18FNO4S. The molecule has 26 heavy (non-hydrogen) atoms. The second kappa shape index (κ2) is 10.1. The molecule has 1 N–H and O–H groups in total. The van der Waals surface area contributed by atoms with Crippen molar-refractivity contribution in [3.8, 4) is 5.75 Å². The number of aromatic amines is 1. The molecule has 1 heterocycles. The highest BCUT2D eigenvalue weighted by Gasteiger charge is 1.98. The highest BCUT2D eigenvalue weighted by atomic mass is 32.2. The van der Waals surface area contributed by atoms with Crippen LogP contribution in [0.4, 0.5) is 4.39 Å². The Balaban J connectivity index is 0.000000290. The van der Waals surface area contributed by atoms with Gasteiger partial charge in [0.05, 0.1) is 6.61 Å². The first-order valence-corrected chi connectivity index (χ1v) is 9.06. The summed E-state index contributed by atoms with van der Waals surface area (Å²) in [5.74, 6) is 0.519. The van der Waals surface area contributed by atoms with Gasteiger partial charge < -0.3 is 9.72 Å². The van der Waals surface area contributed by atoms with E-state index in [1.165, 1.54) is 23.6 Å². The molecule has 5 nitrogen and oxygen atoms in total. The van der Waals surface area contributed by atoms with Crippen molar-refractivity contribution in [2.24, 2.45) is 0 Å². The van der Waals surface area contributed by atoms with Crippen molar-refractivity contribution in [1.29, 1.82) is 0 Å². The van der Waals surface area contributed by atoms with Crippen LogP contribution in [0.2, 0.25) is 0 Å². The van der Waals surface area contributed by atoms with Crippen molar-refractivity contribution < 1.29 is 17.5 Å². The van der Waals surface area contributed by atoms with Crippen molar-refractivity contribution in [2.45, 2.75) is 12.8 Å². The van der Waals surface area contributed by atoms with Crippen LogP contribution < -0.4 is 10.3 Å². The largest absolute Gasteiger partial charge is 0.494 e. The molecule has 0 unspecified atom stereocenters. The quantitative estimate of drug-likeness (QED) is 0.549. The number of nitrogens with one attached hydrogen (secondary N) is 1. The van der Waals surface area contributed by atoms with Crippen molar-refractivity contribution in [3.05, 3.63) is 76.8 Å². The smallest absolute Gasteiger partial charge is 0.248 e. The molecule has 7 heteroatoms. The standard InChI is InChI=1S/C13H13NO4S.C6H5F/c15-13-6-3-10-9-11(4-5-12(10)14-13)18-7-1-2-8-19(16)17;7-6-4-2-1-3-5-6/h3-6,8-9H,1-2,7H2,(H,14,15);1-5H. The van der Waals surface area contributed by atoms with Crippen molar-refractivity contribution >= 4 is 26.6 Å². The molecule has 0 aliphatic rings. The van der Waals surface area contributed by atoms with E-state index in [0.29, 0.717) is 25.2 Å². The van der Waals surface area contributed by atoms with Gasteiger partial charge in [0.15, 0.2) is 0 Å². The Bertz CT molecular complexity index is 1020. The summed E-state index contributed by atoms with van der Waals surface area (Å²) in [7, 11) is -2.10. The first-order valence-electron chi connectivity index (χ1n) is 7.92. The van der Waals surface area contributed by atoms with E-state index < -0.39 is 10.3 Å². The van der Waals surface area contributed by atoms with Crippen LogP contribution in [-0.4, -0.2) is 25.4 Å². The molecule has 0 spiro atoms. The summed E-state index contributed by atoms with van der Waals surface area (Å²) in [5.41, 5.74) is 0.622. The zero-order valence-corrected chi connectivity index (χ0v) is 14.7. The number of fused-ring (bicyclic) bond motifs is 1. The lowest BCUT2D eigenvalue weighted by Gasteiger charge is -2.06. The molecule has 0 aliphatic heterocycles. The van der Waals surface area contributed by atoms with E-state index in [1.54, 1.807) is 36.4 Å². The second-order valence-electron chi connectivity index (χ2n) is 5.29. The van der Waals surface area contributed by atoms with E-state index in [0.717, 1.165) is 10.9 Å². The Kier molecular flexibility index (Phi) is 7.57. The molecular weight excluding hydrogens is 357 g/mol. The van der Waals surface area contributed by atoms with Gasteiger partial charge in [-0.2, -0.15) is 8.42 Å². The topological polar surface area (TPSA) is 76.2 Å². The Hall–Kier alpha value is -2.93. The van der Waals surface area contributed by atoms with Crippen LogP contribution in [0.25, 0.3) is 10.9 Å². The van der Waals surface area contributed by atoms with E-state index in [2.05, 4.69) is 4.98 Å². The first-order chi connectivity index (χ1) is 12.5.